The van der Waals surface area contributed by atoms with E-state index in [9.17, 15) is 0 Å². The molecular formula is C8H8O. The minimum Gasteiger partial charge on any atom is -0.508 e. The molecule has 0 unspecified atom stereocenters. The van der Waals surface area contributed by atoms with Crippen molar-refractivity contribution >= 4 is 6.08 Å². The van der Waals surface area contributed by atoms with Crippen molar-refractivity contribution < 1.29 is 5.11 Å². The fourth-order valence-electron chi connectivity index (χ4n) is 0.652. The van der Waals surface area contributed by atoms with E-state index in [0.29, 0.717) is 0 Å². The number of hydrogen-bond donors (Lipinski definition) is 1. The zero-order chi connectivity index (χ0) is 6.69. The van der Waals surface area contributed by atoms with Crippen LogP contribution in [0.2, 0.25) is 0 Å². The maximum Gasteiger partial charge on any atom is 0.116 e. The normalized spacial score (nSPS) is 8.89. The number of phenols is 1. The fraction of sp³-hybridized carbons (Fsp3) is 0. The lowest BCUT2D eigenvalue weighted by molar-refractivity contribution is 0.475. The number of aromatic hydroxyl groups is 1. The molecule has 0 heterocycles. The highest BCUT2D eigenvalue weighted by Gasteiger charge is 1.85. The van der Waals surface area contributed by atoms with E-state index in [4.69, 9.17) is 5.11 Å². The zero-order valence-electron chi connectivity index (χ0n) is 5.04. The molecule has 0 aliphatic rings. The van der Waals surface area contributed by atoms with Gasteiger partial charge in [0.05, 0.1) is 0 Å². The molecule has 0 saturated heterocycles. The van der Waals surface area contributed by atoms with Crippen LogP contribution in [0.15, 0.2) is 30.8 Å². The van der Waals surface area contributed by atoms with Crippen LogP contribution >= 0.6 is 0 Å². The Labute approximate surface area is 54.3 Å². The fourth-order valence-corrected chi connectivity index (χ4v) is 0.652. The summed E-state index contributed by atoms with van der Waals surface area (Å²) in [5.74, 6) is 0.285. The largest absolute Gasteiger partial charge is 0.508 e. The van der Waals surface area contributed by atoms with Crippen LogP contribution < -0.4 is 0 Å². The van der Waals surface area contributed by atoms with Crippen LogP contribution in [0, 0.1) is 0 Å². The molecule has 1 nitrogen and oxygen atoms in total. The Morgan fingerprint density at radius 1 is 1.44 bits per heavy atom. The number of phenolic OH excluding ortho intramolecular Hbond substituents is 1. The van der Waals surface area contributed by atoms with E-state index in [-0.39, 0.29) is 5.75 Å². The smallest absolute Gasteiger partial charge is 0.116 e. The van der Waals surface area contributed by atoms with Crippen molar-refractivity contribution in [2.45, 2.75) is 0 Å². The first kappa shape index (κ1) is 5.89. The summed E-state index contributed by atoms with van der Waals surface area (Å²) in [6, 6.07) is 6.96. The van der Waals surface area contributed by atoms with Crippen molar-refractivity contribution in [3.8, 4) is 5.75 Å². The quantitative estimate of drug-likeness (QED) is 0.601. The van der Waals surface area contributed by atoms with Crippen molar-refractivity contribution in [2.75, 3.05) is 0 Å². The van der Waals surface area contributed by atoms with Gasteiger partial charge in [-0.05, 0) is 17.7 Å². The Bertz CT molecular complexity index is 216. The van der Waals surface area contributed by atoms with Gasteiger partial charge in [-0.15, -0.1) is 0 Å². The van der Waals surface area contributed by atoms with Gasteiger partial charge in [0.15, 0.2) is 0 Å². The number of rotatable bonds is 1. The Balaban J connectivity index is 3.07. The third-order valence-electron chi connectivity index (χ3n) is 1.11. The van der Waals surface area contributed by atoms with Gasteiger partial charge in [-0.1, -0.05) is 24.8 Å². The maximum atomic E-state index is 8.90. The highest BCUT2D eigenvalue weighted by Crippen LogP contribution is 2.10. The highest BCUT2D eigenvalue weighted by molar-refractivity contribution is 5.49. The molecule has 1 rings (SSSR count). The van der Waals surface area contributed by atoms with E-state index >= 15 is 0 Å². The summed E-state index contributed by atoms with van der Waals surface area (Å²) in [5.41, 5.74) is 0.940. The van der Waals surface area contributed by atoms with Crippen LogP contribution in [0.25, 0.3) is 6.08 Å². The van der Waals surface area contributed by atoms with E-state index in [1.165, 1.54) is 0 Å². The molecule has 0 radical (unpaired) electrons. The second kappa shape index (κ2) is 2.35. The zero-order valence-corrected chi connectivity index (χ0v) is 5.04. The second-order valence-electron chi connectivity index (χ2n) is 1.80. The monoisotopic (exact) mass is 120 g/mol. The summed E-state index contributed by atoms with van der Waals surface area (Å²) in [6.07, 6.45) is 1.69. The third-order valence-corrected chi connectivity index (χ3v) is 1.11. The van der Waals surface area contributed by atoms with E-state index in [2.05, 4.69) is 6.58 Å². The van der Waals surface area contributed by atoms with Crippen LogP contribution in [0.1, 0.15) is 5.56 Å². The Hall–Kier alpha value is -1.24. The van der Waals surface area contributed by atoms with Crippen LogP contribution in [0.4, 0.5) is 0 Å². The average molecular weight is 120 g/mol. The van der Waals surface area contributed by atoms with E-state index in [1.54, 1.807) is 24.3 Å². The minimum absolute atomic E-state index is 0.285. The summed E-state index contributed by atoms with van der Waals surface area (Å²) in [4.78, 5) is 0. The second-order valence-corrected chi connectivity index (χ2v) is 1.80. The molecule has 46 valence electrons. The molecule has 1 heteroatoms. The molecule has 0 saturated carbocycles. The molecule has 0 aromatic heterocycles. The first-order valence-corrected chi connectivity index (χ1v) is 2.74. The minimum atomic E-state index is 0.285. The number of hydrogen-bond acceptors (Lipinski definition) is 1. The first-order chi connectivity index (χ1) is 4.33. The third kappa shape index (κ3) is 1.32. The SMILES string of the molecule is C=Cc1cccc(O)c1. The summed E-state index contributed by atoms with van der Waals surface area (Å²) >= 11 is 0. The van der Waals surface area contributed by atoms with Crippen LogP contribution in [-0.2, 0) is 0 Å². The van der Waals surface area contributed by atoms with Crippen molar-refractivity contribution in [1.29, 1.82) is 0 Å². The van der Waals surface area contributed by atoms with E-state index in [0.717, 1.165) is 5.56 Å². The van der Waals surface area contributed by atoms with Gasteiger partial charge < -0.3 is 5.11 Å². The molecule has 0 amide bonds. The van der Waals surface area contributed by atoms with Gasteiger partial charge in [0.2, 0.25) is 0 Å². The molecular weight excluding hydrogens is 112 g/mol. The van der Waals surface area contributed by atoms with Gasteiger partial charge in [-0.25, -0.2) is 0 Å². The van der Waals surface area contributed by atoms with Gasteiger partial charge in [-0.2, -0.15) is 0 Å². The van der Waals surface area contributed by atoms with Gasteiger partial charge in [-0.3, -0.25) is 0 Å². The standard InChI is InChI=1S/C8H8O/c1-2-7-4-3-5-8(9)6-7/h2-6,9H,1H2. The van der Waals surface area contributed by atoms with Gasteiger partial charge in [0, 0.05) is 0 Å². The van der Waals surface area contributed by atoms with Gasteiger partial charge in [0.25, 0.3) is 0 Å². The van der Waals surface area contributed by atoms with E-state index in [1.807, 2.05) is 6.07 Å². The number of benzene rings is 1. The average Bonchev–Trinajstić information content (AvgIpc) is 1.88. The Morgan fingerprint density at radius 2 is 2.22 bits per heavy atom. The topological polar surface area (TPSA) is 20.2 Å². The van der Waals surface area contributed by atoms with Gasteiger partial charge >= 0.3 is 0 Å². The summed E-state index contributed by atoms with van der Waals surface area (Å²) < 4.78 is 0. The molecule has 0 bridgehead atoms. The lowest BCUT2D eigenvalue weighted by Gasteiger charge is -1.91. The van der Waals surface area contributed by atoms with Crippen molar-refractivity contribution in [3.63, 3.8) is 0 Å². The van der Waals surface area contributed by atoms with Gasteiger partial charge in [0.1, 0.15) is 5.75 Å². The molecule has 1 aromatic carbocycles. The van der Waals surface area contributed by atoms with Crippen LogP contribution in [-0.4, -0.2) is 5.11 Å². The first-order valence-electron chi connectivity index (χ1n) is 2.74. The van der Waals surface area contributed by atoms with Crippen molar-refractivity contribution in [1.82, 2.24) is 0 Å². The van der Waals surface area contributed by atoms with Crippen molar-refractivity contribution in [3.05, 3.63) is 36.4 Å². The molecule has 0 aliphatic carbocycles. The Morgan fingerprint density at radius 3 is 2.67 bits per heavy atom. The predicted molar refractivity (Wildman–Crippen MR) is 38.2 cm³/mol. The molecule has 1 aromatic rings. The molecule has 0 fully saturated rings. The van der Waals surface area contributed by atoms with Crippen molar-refractivity contribution in [2.24, 2.45) is 0 Å². The molecule has 9 heavy (non-hydrogen) atoms. The Kier molecular flexibility index (Phi) is 1.54. The maximum absolute atomic E-state index is 8.90. The molecule has 0 aliphatic heterocycles. The predicted octanol–water partition coefficient (Wildman–Crippen LogP) is 2.04. The lowest BCUT2D eigenvalue weighted by atomic mass is 10.2. The highest BCUT2D eigenvalue weighted by atomic mass is 16.3. The van der Waals surface area contributed by atoms with E-state index < -0.39 is 0 Å². The summed E-state index contributed by atoms with van der Waals surface area (Å²) in [6.45, 7) is 3.56. The lowest BCUT2D eigenvalue weighted by Crippen LogP contribution is -1.67. The summed E-state index contributed by atoms with van der Waals surface area (Å²) in [7, 11) is 0. The summed E-state index contributed by atoms with van der Waals surface area (Å²) in [5, 5.41) is 8.90. The molecule has 0 spiro atoms. The van der Waals surface area contributed by atoms with Crippen LogP contribution in [0.5, 0.6) is 5.75 Å². The molecule has 0 atom stereocenters. The van der Waals surface area contributed by atoms with Crippen LogP contribution in [0.3, 0.4) is 0 Å². The molecule has 1 N–H and O–H groups in total.